The molecule has 1 saturated heterocycles. The number of rotatable bonds is 3. The lowest BCUT2D eigenvalue weighted by molar-refractivity contribution is 0.169. The lowest BCUT2D eigenvalue weighted by Gasteiger charge is -2.31. The van der Waals surface area contributed by atoms with E-state index in [1.807, 2.05) is 13.2 Å². The molecule has 0 spiro atoms. The van der Waals surface area contributed by atoms with Crippen molar-refractivity contribution in [1.29, 1.82) is 0 Å². The maximum Gasteiger partial charge on any atom is 0.0967 e. The minimum absolute atomic E-state index is 0.662. The van der Waals surface area contributed by atoms with Gasteiger partial charge in [0, 0.05) is 26.3 Å². The molecule has 2 N–H and O–H groups in total. The molecule has 1 aliphatic heterocycles. The van der Waals surface area contributed by atoms with Crippen LogP contribution in [-0.2, 0) is 13.6 Å². The molecule has 1 aromatic heterocycles. The lowest BCUT2D eigenvalue weighted by atomic mass is 9.98. The zero-order chi connectivity index (χ0) is 10.7. The molecular weight excluding hydrogens is 190 g/mol. The Kier molecular flexibility index (Phi) is 3.33. The molecular formula is C10H19N5. The molecule has 0 aliphatic carbocycles. The first-order valence-electron chi connectivity index (χ1n) is 5.55. The quantitative estimate of drug-likeness (QED) is 0.760. The summed E-state index contributed by atoms with van der Waals surface area (Å²) in [6.45, 7) is 3.97. The van der Waals surface area contributed by atoms with Crippen LogP contribution in [0.5, 0.6) is 0 Å². The highest BCUT2D eigenvalue weighted by molar-refractivity contribution is 4.92. The van der Waals surface area contributed by atoms with Crippen molar-refractivity contribution < 1.29 is 0 Å². The Hall–Kier alpha value is -0.940. The molecule has 2 rings (SSSR count). The average Bonchev–Trinajstić information content (AvgIpc) is 2.64. The number of aromatic nitrogens is 3. The van der Waals surface area contributed by atoms with Crippen molar-refractivity contribution in [3.8, 4) is 0 Å². The first kappa shape index (κ1) is 10.6. The zero-order valence-electron chi connectivity index (χ0n) is 9.26. The van der Waals surface area contributed by atoms with Crippen LogP contribution in [0.2, 0.25) is 0 Å². The molecule has 0 amide bonds. The Morgan fingerprint density at radius 3 is 3.13 bits per heavy atom. The standard InChI is InChI=1S/C10H19N5/c1-14-7-10(12-13-14)8-15-4-2-3-9(5-11)6-15/h7,9H,2-6,8,11H2,1H3. The second-order valence-corrected chi connectivity index (χ2v) is 4.36. The third kappa shape index (κ3) is 2.76. The van der Waals surface area contributed by atoms with E-state index in [0.29, 0.717) is 5.92 Å². The zero-order valence-corrected chi connectivity index (χ0v) is 9.26. The van der Waals surface area contributed by atoms with Crippen molar-refractivity contribution >= 4 is 0 Å². The van der Waals surface area contributed by atoms with Crippen LogP contribution in [0.15, 0.2) is 6.20 Å². The second kappa shape index (κ2) is 4.72. The Morgan fingerprint density at radius 1 is 1.60 bits per heavy atom. The molecule has 0 saturated carbocycles. The molecule has 15 heavy (non-hydrogen) atoms. The molecule has 1 fully saturated rings. The Morgan fingerprint density at radius 2 is 2.47 bits per heavy atom. The molecule has 0 aromatic carbocycles. The van der Waals surface area contributed by atoms with Crippen LogP contribution in [0.4, 0.5) is 0 Å². The van der Waals surface area contributed by atoms with Crippen molar-refractivity contribution in [3.63, 3.8) is 0 Å². The number of likely N-dealkylation sites (tertiary alicyclic amines) is 1. The van der Waals surface area contributed by atoms with Crippen molar-refractivity contribution in [1.82, 2.24) is 19.9 Å². The third-order valence-corrected chi connectivity index (χ3v) is 2.97. The average molecular weight is 209 g/mol. The fraction of sp³-hybridized carbons (Fsp3) is 0.800. The van der Waals surface area contributed by atoms with Gasteiger partial charge in [-0.2, -0.15) is 0 Å². The van der Waals surface area contributed by atoms with Gasteiger partial charge in [-0.3, -0.25) is 9.58 Å². The summed E-state index contributed by atoms with van der Waals surface area (Å²) in [5.41, 5.74) is 6.76. The molecule has 1 aliphatic rings. The molecule has 1 unspecified atom stereocenters. The number of piperidine rings is 1. The van der Waals surface area contributed by atoms with E-state index in [4.69, 9.17) is 5.73 Å². The van der Waals surface area contributed by atoms with E-state index in [1.165, 1.54) is 12.8 Å². The van der Waals surface area contributed by atoms with Gasteiger partial charge < -0.3 is 5.73 Å². The van der Waals surface area contributed by atoms with Gasteiger partial charge in [0.05, 0.1) is 5.69 Å². The smallest absolute Gasteiger partial charge is 0.0967 e. The minimum atomic E-state index is 0.662. The van der Waals surface area contributed by atoms with Crippen LogP contribution in [0.25, 0.3) is 0 Å². The van der Waals surface area contributed by atoms with E-state index in [9.17, 15) is 0 Å². The summed E-state index contributed by atoms with van der Waals surface area (Å²) in [6, 6.07) is 0. The summed E-state index contributed by atoms with van der Waals surface area (Å²) in [5, 5.41) is 8.04. The van der Waals surface area contributed by atoms with Crippen LogP contribution in [0, 0.1) is 5.92 Å². The van der Waals surface area contributed by atoms with Crippen LogP contribution in [0.1, 0.15) is 18.5 Å². The largest absolute Gasteiger partial charge is 0.330 e. The molecule has 2 heterocycles. The Bertz CT molecular complexity index is 309. The van der Waals surface area contributed by atoms with Gasteiger partial charge in [0.2, 0.25) is 0 Å². The van der Waals surface area contributed by atoms with Gasteiger partial charge in [0.25, 0.3) is 0 Å². The van der Waals surface area contributed by atoms with Gasteiger partial charge >= 0.3 is 0 Å². The Labute approximate surface area is 90.2 Å². The monoisotopic (exact) mass is 209 g/mol. The fourth-order valence-corrected chi connectivity index (χ4v) is 2.18. The number of nitrogens with two attached hydrogens (primary N) is 1. The first-order chi connectivity index (χ1) is 7.28. The van der Waals surface area contributed by atoms with E-state index in [-0.39, 0.29) is 0 Å². The number of hydrogen-bond donors (Lipinski definition) is 1. The van der Waals surface area contributed by atoms with Gasteiger partial charge in [-0.05, 0) is 31.8 Å². The predicted octanol–water partition coefficient (Wildman–Crippen LogP) is -0.0142. The van der Waals surface area contributed by atoms with Crippen molar-refractivity contribution in [2.45, 2.75) is 19.4 Å². The van der Waals surface area contributed by atoms with Gasteiger partial charge in [0.1, 0.15) is 0 Å². The fourth-order valence-electron chi connectivity index (χ4n) is 2.18. The normalized spacial score (nSPS) is 23.2. The third-order valence-electron chi connectivity index (χ3n) is 2.97. The molecule has 5 heteroatoms. The van der Waals surface area contributed by atoms with Crippen LogP contribution in [-0.4, -0.2) is 39.5 Å². The summed E-state index contributed by atoms with van der Waals surface area (Å²) >= 11 is 0. The highest BCUT2D eigenvalue weighted by atomic mass is 15.4. The summed E-state index contributed by atoms with van der Waals surface area (Å²) < 4.78 is 1.75. The van der Waals surface area contributed by atoms with E-state index < -0.39 is 0 Å². The highest BCUT2D eigenvalue weighted by Gasteiger charge is 2.19. The molecule has 0 bridgehead atoms. The van der Waals surface area contributed by atoms with Gasteiger partial charge in [-0.25, -0.2) is 0 Å². The van der Waals surface area contributed by atoms with E-state index in [1.54, 1.807) is 4.68 Å². The summed E-state index contributed by atoms with van der Waals surface area (Å²) in [7, 11) is 1.90. The lowest BCUT2D eigenvalue weighted by Crippen LogP contribution is -2.37. The van der Waals surface area contributed by atoms with Crippen LogP contribution < -0.4 is 5.73 Å². The molecule has 5 nitrogen and oxygen atoms in total. The van der Waals surface area contributed by atoms with E-state index in [2.05, 4.69) is 15.2 Å². The van der Waals surface area contributed by atoms with Crippen LogP contribution >= 0.6 is 0 Å². The van der Waals surface area contributed by atoms with Gasteiger partial charge in [-0.1, -0.05) is 5.21 Å². The first-order valence-corrected chi connectivity index (χ1v) is 5.55. The van der Waals surface area contributed by atoms with Crippen molar-refractivity contribution in [2.24, 2.45) is 18.7 Å². The summed E-state index contributed by atoms with van der Waals surface area (Å²) in [6.07, 6.45) is 4.50. The second-order valence-electron chi connectivity index (χ2n) is 4.36. The van der Waals surface area contributed by atoms with E-state index >= 15 is 0 Å². The molecule has 1 atom stereocenters. The predicted molar refractivity (Wildman–Crippen MR) is 58.1 cm³/mol. The maximum atomic E-state index is 5.70. The van der Waals surface area contributed by atoms with E-state index in [0.717, 1.165) is 31.9 Å². The van der Waals surface area contributed by atoms with Gasteiger partial charge in [0.15, 0.2) is 0 Å². The van der Waals surface area contributed by atoms with Crippen molar-refractivity contribution in [2.75, 3.05) is 19.6 Å². The molecule has 1 aromatic rings. The minimum Gasteiger partial charge on any atom is -0.330 e. The van der Waals surface area contributed by atoms with Gasteiger partial charge in [-0.15, -0.1) is 5.10 Å². The SMILES string of the molecule is Cn1cc(CN2CCCC(CN)C2)nn1. The molecule has 0 radical (unpaired) electrons. The number of hydrogen-bond acceptors (Lipinski definition) is 4. The highest BCUT2D eigenvalue weighted by Crippen LogP contribution is 2.16. The number of aryl methyl sites for hydroxylation is 1. The van der Waals surface area contributed by atoms with Crippen LogP contribution in [0.3, 0.4) is 0 Å². The summed E-state index contributed by atoms with van der Waals surface area (Å²) in [5.74, 6) is 0.662. The molecule has 84 valence electrons. The number of nitrogens with zero attached hydrogens (tertiary/aromatic N) is 4. The summed E-state index contributed by atoms with van der Waals surface area (Å²) in [4.78, 5) is 2.42. The Balaban J connectivity index is 1.88. The topological polar surface area (TPSA) is 60.0 Å². The maximum absolute atomic E-state index is 5.70. The van der Waals surface area contributed by atoms with Crippen molar-refractivity contribution in [3.05, 3.63) is 11.9 Å².